The van der Waals surface area contributed by atoms with Crippen molar-refractivity contribution in [3.8, 4) is 5.82 Å². The summed E-state index contributed by atoms with van der Waals surface area (Å²) in [5, 5.41) is 7.80. The number of benzene rings is 1. The largest absolute Gasteiger partial charge is 0.376 e. The van der Waals surface area contributed by atoms with E-state index in [2.05, 4.69) is 15.4 Å². The van der Waals surface area contributed by atoms with Crippen molar-refractivity contribution in [2.75, 3.05) is 24.3 Å². The molecule has 0 unspecified atom stereocenters. The standard InChI is InChI=1S/C19H20ClN5O/c1-12-9-13(2)25(23-12)18-8-5-14(11-21-18)19(26)22-15-6-7-17(24(3)4)16(20)10-15/h5-11H,1-4H3,(H,22,26). The molecule has 134 valence electrons. The zero-order chi connectivity index (χ0) is 18.8. The average molecular weight is 370 g/mol. The lowest BCUT2D eigenvalue weighted by Gasteiger charge is -2.15. The van der Waals surface area contributed by atoms with Gasteiger partial charge in [-0.15, -0.1) is 0 Å². The molecule has 3 rings (SSSR count). The van der Waals surface area contributed by atoms with E-state index in [1.54, 1.807) is 22.9 Å². The zero-order valence-electron chi connectivity index (χ0n) is 15.1. The van der Waals surface area contributed by atoms with Crippen molar-refractivity contribution in [2.24, 2.45) is 0 Å². The number of carbonyl (C=O) groups excluding carboxylic acids is 1. The second-order valence-electron chi connectivity index (χ2n) is 6.26. The summed E-state index contributed by atoms with van der Waals surface area (Å²) in [4.78, 5) is 18.7. The third kappa shape index (κ3) is 3.70. The lowest BCUT2D eigenvalue weighted by atomic mass is 10.2. The van der Waals surface area contributed by atoms with Gasteiger partial charge in [0.2, 0.25) is 0 Å². The van der Waals surface area contributed by atoms with Gasteiger partial charge in [0.25, 0.3) is 5.91 Å². The Bertz CT molecular complexity index is 947. The van der Waals surface area contributed by atoms with Gasteiger partial charge >= 0.3 is 0 Å². The summed E-state index contributed by atoms with van der Waals surface area (Å²) in [6, 6.07) is 10.9. The van der Waals surface area contributed by atoms with Crippen molar-refractivity contribution in [2.45, 2.75) is 13.8 Å². The van der Waals surface area contributed by atoms with E-state index in [0.717, 1.165) is 17.1 Å². The van der Waals surface area contributed by atoms with Gasteiger partial charge in [0.1, 0.15) is 0 Å². The first-order chi connectivity index (χ1) is 12.3. The fourth-order valence-corrected chi connectivity index (χ4v) is 3.01. The van der Waals surface area contributed by atoms with Crippen LogP contribution >= 0.6 is 11.6 Å². The molecule has 0 aliphatic carbocycles. The molecule has 1 aromatic carbocycles. The number of amides is 1. The summed E-state index contributed by atoms with van der Waals surface area (Å²) in [5.74, 6) is 0.427. The third-order valence-electron chi connectivity index (χ3n) is 3.92. The Balaban J connectivity index is 1.76. The molecule has 2 aromatic heterocycles. The topological polar surface area (TPSA) is 63.1 Å². The Hall–Kier alpha value is -2.86. The lowest BCUT2D eigenvalue weighted by molar-refractivity contribution is 0.102. The molecule has 0 spiro atoms. The van der Waals surface area contributed by atoms with Gasteiger partial charge in [-0.1, -0.05) is 11.6 Å². The number of aromatic nitrogens is 3. The van der Waals surface area contributed by atoms with Gasteiger partial charge in [-0.05, 0) is 50.2 Å². The summed E-state index contributed by atoms with van der Waals surface area (Å²) in [6.07, 6.45) is 1.54. The van der Waals surface area contributed by atoms with Gasteiger partial charge in [0, 0.05) is 31.7 Å². The van der Waals surface area contributed by atoms with Crippen molar-refractivity contribution in [3.63, 3.8) is 0 Å². The summed E-state index contributed by atoms with van der Waals surface area (Å²) >= 11 is 6.24. The number of pyridine rings is 1. The highest BCUT2D eigenvalue weighted by atomic mass is 35.5. The molecule has 0 aliphatic heterocycles. The van der Waals surface area contributed by atoms with E-state index in [4.69, 9.17) is 11.6 Å². The number of aryl methyl sites for hydroxylation is 2. The molecular weight excluding hydrogens is 350 g/mol. The Labute approximate surface area is 157 Å². The van der Waals surface area contributed by atoms with Crippen LogP contribution in [0.2, 0.25) is 5.02 Å². The monoisotopic (exact) mass is 369 g/mol. The molecule has 0 fully saturated rings. The van der Waals surface area contributed by atoms with Crippen LogP contribution in [0.5, 0.6) is 0 Å². The van der Waals surface area contributed by atoms with Gasteiger partial charge in [-0.2, -0.15) is 5.10 Å². The van der Waals surface area contributed by atoms with E-state index in [0.29, 0.717) is 22.1 Å². The van der Waals surface area contributed by atoms with Crippen LogP contribution in [0.25, 0.3) is 5.82 Å². The fourth-order valence-electron chi connectivity index (χ4n) is 2.66. The Kier molecular flexibility index (Phi) is 4.95. The smallest absolute Gasteiger partial charge is 0.257 e. The molecule has 0 saturated carbocycles. The van der Waals surface area contributed by atoms with Crippen LogP contribution in [0, 0.1) is 13.8 Å². The van der Waals surface area contributed by atoms with Crippen LogP contribution < -0.4 is 10.2 Å². The number of carbonyl (C=O) groups is 1. The molecule has 3 aromatic rings. The summed E-state index contributed by atoms with van der Waals surface area (Å²) in [7, 11) is 3.82. The highest BCUT2D eigenvalue weighted by molar-refractivity contribution is 6.33. The van der Waals surface area contributed by atoms with Crippen molar-refractivity contribution in [1.82, 2.24) is 14.8 Å². The number of halogens is 1. The Morgan fingerprint density at radius 1 is 1.15 bits per heavy atom. The predicted molar refractivity (Wildman–Crippen MR) is 105 cm³/mol. The predicted octanol–water partition coefficient (Wildman–Crippen LogP) is 3.86. The number of rotatable bonds is 4. The summed E-state index contributed by atoms with van der Waals surface area (Å²) in [5.41, 5.74) is 3.89. The van der Waals surface area contributed by atoms with Gasteiger partial charge in [-0.25, -0.2) is 9.67 Å². The second kappa shape index (κ2) is 7.17. The highest BCUT2D eigenvalue weighted by Gasteiger charge is 2.11. The van der Waals surface area contributed by atoms with Crippen LogP contribution in [-0.4, -0.2) is 34.8 Å². The highest BCUT2D eigenvalue weighted by Crippen LogP contribution is 2.27. The molecule has 0 radical (unpaired) electrons. The molecule has 0 aliphatic rings. The maximum atomic E-state index is 12.4. The second-order valence-corrected chi connectivity index (χ2v) is 6.67. The normalized spacial score (nSPS) is 10.7. The number of nitrogens with zero attached hydrogens (tertiary/aromatic N) is 4. The lowest BCUT2D eigenvalue weighted by Crippen LogP contribution is -2.14. The van der Waals surface area contributed by atoms with Gasteiger partial charge in [-0.3, -0.25) is 4.79 Å². The summed E-state index contributed by atoms with van der Waals surface area (Å²) < 4.78 is 1.75. The minimum Gasteiger partial charge on any atom is -0.376 e. The Morgan fingerprint density at radius 2 is 1.92 bits per heavy atom. The van der Waals surface area contributed by atoms with Crippen molar-refractivity contribution in [3.05, 3.63) is 64.6 Å². The van der Waals surface area contributed by atoms with E-state index in [9.17, 15) is 4.79 Å². The van der Waals surface area contributed by atoms with E-state index >= 15 is 0 Å². The van der Waals surface area contributed by atoms with E-state index < -0.39 is 0 Å². The minimum absolute atomic E-state index is 0.244. The SMILES string of the molecule is Cc1cc(C)n(-c2ccc(C(=O)Nc3ccc(N(C)C)c(Cl)c3)cn2)n1. The minimum atomic E-state index is -0.244. The maximum absolute atomic E-state index is 12.4. The first-order valence-corrected chi connectivity index (χ1v) is 8.51. The first kappa shape index (κ1) is 17.9. The van der Waals surface area contributed by atoms with Gasteiger partial charge in [0.15, 0.2) is 5.82 Å². The van der Waals surface area contributed by atoms with Crippen LogP contribution in [0.15, 0.2) is 42.6 Å². The first-order valence-electron chi connectivity index (χ1n) is 8.13. The van der Waals surface area contributed by atoms with Crippen LogP contribution in [-0.2, 0) is 0 Å². The summed E-state index contributed by atoms with van der Waals surface area (Å²) in [6.45, 7) is 3.89. The molecule has 0 saturated heterocycles. The molecular formula is C19H20ClN5O. The molecule has 1 amide bonds. The number of anilines is 2. The molecule has 0 atom stereocenters. The molecule has 1 N–H and O–H groups in total. The van der Waals surface area contributed by atoms with Crippen molar-refractivity contribution in [1.29, 1.82) is 0 Å². The van der Waals surface area contributed by atoms with Gasteiger partial charge in [0.05, 0.1) is 22.0 Å². The quantitative estimate of drug-likeness (QED) is 0.758. The number of hydrogen-bond donors (Lipinski definition) is 1. The molecule has 26 heavy (non-hydrogen) atoms. The zero-order valence-corrected chi connectivity index (χ0v) is 15.9. The van der Waals surface area contributed by atoms with Crippen LogP contribution in [0.4, 0.5) is 11.4 Å². The van der Waals surface area contributed by atoms with E-state index in [-0.39, 0.29) is 5.91 Å². The van der Waals surface area contributed by atoms with Gasteiger partial charge < -0.3 is 10.2 Å². The number of nitrogens with one attached hydrogen (secondary N) is 1. The van der Waals surface area contributed by atoms with E-state index in [1.165, 1.54) is 6.20 Å². The molecule has 7 heteroatoms. The Morgan fingerprint density at radius 3 is 2.46 bits per heavy atom. The van der Waals surface area contributed by atoms with Crippen molar-refractivity contribution >= 4 is 28.9 Å². The van der Waals surface area contributed by atoms with Crippen LogP contribution in [0.1, 0.15) is 21.7 Å². The average Bonchev–Trinajstić information content (AvgIpc) is 2.93. The fraction of sp³-hybridized carbons (Fsp3) is 0.211. The molecule has 6 nitrogen and oxygen atoms in total. The van der Waals surface area contributed by atoms with Crippen molar-refractivity contribution < 1.29 is 4.79 Å². The molecule has 0 bridgehead atoms. The maximum Gasteiger partial charge on any atom is 0.257 e. The molecule has 2 heterocycles. The van der Waals surface area contributed by atoms with Crippen LogP contribution in [0.3, 0.4) is 0 Å². The third-order valence-corrected chi connectivity index (χ3v) is 4.23. The number of hydrogen-bond acceptors (Lipinski definition) is 4. The van der Waals surface area contributed by atoms with E-state index in [1.807, 2.05) is 51.0 Å².